The van der Waals surface area contributed by atoms with Crippen LogP contribution in [0.25, 0.3) is 0 Å². The van der Waals surface area contributed by atoms with Crippen LogP contribution in [0.5, 0.6) is 0 Å². The summed E-state index contributed by atoms with van der Waals surface area (Å²) in [6, 6.07) is 0. The van der Waals surface area contributed by atoms with Gasteiger partial charge in [-0.1, -0.05) is 278 Å². The zero-order valence-corrected chi connectivity index (χ0v) is 49.0. The Balaban J connectivity index is 4.36. The Hall–Kier alpha value is -3.93. The lowest BCUT2D eigenvalue weighted by Crippen LogP contribution is -2.30. The van der Waals surface area contributed by atoms with Crippen LogP contribution in [0.3, 0.4) is 0 Å². The fourth-order valence-corrected chi connectivity index (χ4v) is 8.64. The first-order valence-electron chi connectivity index (χ1n) is 31.4. The van der Waals surface area contributed by atoms with Gasteiger partial charge in [-0.05, 0) is 103 Å². The van der Waals surface area contributed by atoms with Crippen molar-refractivity contribution >= 4 is 17.9 Å². The number of allylic oxidation sites excluding steroid dienone is 18. The van der Waals surface area contributed by atoms with E-state index in [1.54, 1.807) is 0 Å². The smallest absolute Gasteiger partial charge is 0.306 e. The summed E-state index contributed by atoms with van der Waals surface area (Å²) in [4.78, 5) is 38.3. The molecule has 428 valence electrons. The Morgan fingerprint density at radius 2 is 0.520 bits per heavy atom. The molecular weight excluding hydrogens is 925 g/mol. The molecule has 0 spiro atoms. The highest BCUT2D eigenvalue weighted by atomic mass is 16.6. The maximum Gasteiger partial charge on any atom is 0.306 e. The van der Waals surface area contributed by atoms with Gasteiger partial charge in [0.2, 0.25) is 0 Å². The first-order valence-corrected chi connectivity index (χ1v) is 31.4. The Bertz CT molecular complexity index is 1520. The molecule has 0 saturated carbocycles. The highest BCUT2D eigenvalue weighted by molar-refractivity contribution is 5.71. The average Bonchev–Trinajstić information content (AvgIpc) is 3.41. The second-order valence-electron chi connectivity index (χ2n) is 20.6. The van der Waals surface area contributed by atoms with E-state index in [1.807, 2.05) is 0 Å². The number of carbonyl (C=O) groups excluding carboxylic acids is 3. The minimum absolute atomic E-state index is 0.0844. The highest BCUT2D eigenvalue weighted by Gasteiger charge is 2.19. The normalized spacial score (nSPS) is 12.8. The monoisotopic (exact) mass is 1040 g/mol. The summed E-state index contributed by atoms with van der Waals surface area (Å²) >= 11 is 0. The molecule has 0 saturated heterocycles. The van der Waals surface area contributed by atoms with Gasteiger partial charge in [-0.3, -0.25) is 14.4 Å². The van der Waals surface area contributed by atoms with E-state index in [2.05, 4.69) is 130 Å². The quantitative estimate of drug-likeness (QED) is 0.0261. The summed E-state index contributed by atoms with van der Waals surface area (Å²) in [7, 11) is 0. The summed E-state index contributed by atoms with van der Waals surface area (Å²) in [5, 5.41) is 0. The van der Waals surface area contributed by atoms with Crippen LogP contribution in [0, 0.1) is 0 Å². The molecule has 0 aliphatic heterocycles. The van der Waals surface area contributed by atoms with Crippen molar-refractivity contribution < 1.29 is 28.6 Å². The molecule has 0 bridgehead atoms. The van der Waals surface area contributed by atoms with Gasteiger partial charge < -0.3 is 14.2 Å². The van der Waals surface area contributed by atoms with Gasteiger partial charge in [0.1, 0.15) is 13.2 Å². The molecule has 1 unspecified atom stereocenters. The largest absolute Gasteiger partial charge is 0.462 e. The molecule has 1 atom stereocenters. The van der Waals surface area contributed by atoms with Crippen LogP contribution in [0.2, 0.25) is 0 Å². The van der Waals surface area contributed by atoms with Gasteiger partial charge in [0.25, 0.3) is 0 Å². The maximum atomic E-state index is 12.9. The van der Waals surface area contributed by atoms with E-state index in [9.17, 15) is 14.4 Å². The second-order valence-corrected chi connectivity index (χ2v) is 20.6. The molecule has 0 aromatic carbocycles. The number of rotatable bonds is 56. The molecule has 0 heterocycles. The third-order valence-corrected chi connectivity index (χ3v) is 13.3. The Morgan fingerprint density at radius 1 is 0.280 bits per heavy atom. The number of unbranched alkanes of at least 4 members (excludes halogenated alkanes) is 27. The van der Waals surface area contributed by atoms with Crippen LogP contribution < -0.4 is 0 Å². The van der Waals surface area contributed by atoms with E-state index in [4.69, 9.17) is 14.2 Å². The molecule has 0 aromatic heterocycles. The lowest BCUT2D eigenvalue weighted by atomic mass is 10.0. The molecule has 6 heteroatoms. The fourth-order valence-electron chi connectivity index (χ4n) is 8.64. The lowest BCUT2D eigenvalue weighted by molar-refractivity contribution is -0.167. The number of carbonyl (C=O) groups is 3. The van der Waals surface area contributed by atoms with Crippen molar-refractivity contribution in [1.29, 1.82) is 0 Å². The first-order chi connectivity index (χ1) is 37.0. The predicted octanol–water partition coefficient (Wildman–Crippen LogP) is 21.4. The van der Waals surface area contributed by atoms with E-state index < -0.39 is 6.10 Å². The minimum Gasteiger partial charge on any atom is -0.462 e. The summed E-state index contributed by atoms with van der Waals surface area (Å²) in [5.74, 6) is -0.897. The van der Waals surface area contributed by atoms with Gasteiger partial charge in [-0.2, -0.15) is 0 Å². The molecule has 0 rings (SSSR count). The molecular formula is C69H116O6. The third kappa shape index (κ3) is 60.8. The lowest BCUT2D eigenvalue weighted by Gasteiger charge is -2.18. The molecule has 0 aromatic rings. The molecule has 0 fully saturated rings. The van der Waals surface area contributed by atoms with Crippen LogP contribution in [-0.2, 0) is 28.6 Å². The highest BCUT2D eigenvalue weighted by Crippen LogP contribution is 2.16. The fraction of sp³-hybridized carbons (Fsp3) is 0.696. The van der Waals surface area contributed by atoms with Crippen molar-refractivity contribution in [3.8, 4) is 0 Å². The van der Waals surface area contributed by atoms with Crippen LogP contribution >= 0.6 is 0 Å². The van der Waals surface area contributed by atoms with Crippen molar-refractivity contribution in [2.24, 2.45) is 0 Å². The molecule has 75 heavy (non-hydrogen) atoms. The standard InChI is InChI=1S/C69H116O6/c1-4-7-10-13-16-19-22-25-27-29-31-32-33-34-35-36-38-39-41-44-47-50-53-56-59-62-68(71)74-65-66(64-73-67(70)61-58-55-52-49-46-43-24-21-18-15-12-9-6-3)75-69(72)63-60-57-54-51-48-45-42-40-37-30-28-26-23-20-17-14-11-8-5-2/h7-8,10-11,16-17,19-20,25-28,31-32,34-35,37,40,66H,4-6,9,12-15,18,21-24,29-30,33,36,38-39,41-65H2,1-3H3/b10-7-,11-8-,19-16-,20-17-,27-25-,28-26-,32-31-,35-34-,40-37-. The Morgan fingerprint density at radius 3 is 0.813 bits per heavy atom. The zero-order chi connectivity index (χ0) is 54.3. The Kier molecular flexibility index (Phi) is 59.3. The van der Waals surface area contributed by atoms with E-state index in [0.717, 1.165) is 135 Å². The summed E-state index contributed by atoms with van der Waals surface area (Å²) in [5.41, 5.74) is 0. The summed E-state index contributed by atoms with van der Waals surface area (Å²) in [6.45, 7) is 6.42. The van der Waals surface area contributed by atoms with Gasteiger partial charge in [-0.15, -0.1) is 0 Å². The molecule has 0 radical (unpaired) electrons. The first kappa shape index (κ1) is 71.1. The van der Waals surface area contributed by atoms with Crippen LogP contribution in [0.1, 0.15) is 290 Å². The van der Waals surface area contributed by atoms with Gasteiger partial charge in [-0.25, -0.2) is 0 Å². The van der Waals surface area contributed by atoms with Crippen molar-refractivity contribution in [2.45, 2.75) is 297 Å². The molecule has 0 aliphatic carbocycles. The van der Waals surface area contributed by atoms with E-state index in [1.165, 1.54) is 116 Å². The number of hydrogen-bond donors (Lipinski definition) is 0. The van der Waals surface area contributed by atoms with Crippen molar-refractivity contribution in [3.05, 3.63) is 109 Å². The number of ether oxygens (including phenoxy) is 3. The predicted molar refractivity (Wildman–Crippen MR) is 325 cm³/mol. The molecule has 0 N–H and O–H groups in total. The topological polar surface area (TPSA) is 78.9 Å². The van der Waals surface area contributed by atoms with Crippen LogP contribution in [0.15, 0.2) is 109 Å². The van der Waals surface area contributed by atoms with Crippen molar-refractivity contribution in [3.63, 3.8) is 0 Å². The SMILES string of the molecule is CC/C=C\C/C=C\C/C=C\C/C=C\C/C=C\CCCCCCCCCCCC(=O)OCC(COC(=O)CCCCCCCCCCCCCCC)OC(=O)CCCCCCCC/C=C\C/C=C\C/C=C\C/C=C\CC. The summed E-state index contributed by atoms with van der Waals surface area (Å²) < 4.78 is 16.9. The van der Waals surface area contributed by atoms with E-state index in [-0.39, 0.29) is 31.1 Å². The third-order valence-electron chi connectivity index (χ3n) is 13.3. The van der Waals surface area contributed by atoms with E-state index >= 15 is 0 Å². The number of esters is 3. The van der Waals surface area contributed by atoms with Gasteiger partial charge in [0.05, 0.1) is 0 Å². The van der Waals surface area contributed by atoms with Crippen molar-refractivity contribution in [2.75, 3.05) is 13.2 Å². The van der Waals surface area contributed by atoms with Gasteiger partial charge in [0.15, 0.2) is 6.10 Å². The minimum atomic E-state index is -0.789. The molecule has 6 nitrogen and oxygen atoms in total. The maximum absolute atomic E-state index is 12.9. The van der Waals surface area contributed by atoms with E-state index in [0.29, 0.717) is 19.3 Å². The number of hydrogen-bond acceptors (Lipinski definition) is 6. The zero-order valence-electron chi connectivity index (χ0n) is 49.0. The van der Waals surface area contributed by atoms with Crippen molar-refractivity contribution in [1.82, 2.24) is 0 Å². The summed E-state index contributed by atoms with van der Waals surface area (Å²) in [6.07, 6.45) is 85.1. The average molecular weight is 1040 g/mol. The molecule has 0 amide bonds. The van der Waals surface area contributed by atoms with Gasteiger partial charge >= 0.3 is 17.9 Å². The van der Waals surface area contributed by atoms with Crippen LogP contribution in [0.4, 0.5) is 0 Å². The van der Waals surface area contributed by atoms with Crippen LogP contribution in [-0.4, -0.2) is 37.2 Å². The Labute approximate surface area is 463 Å². The van der Waals surface area contributed by atoms with Gasteiger partial charge in [0, 0.05) is 19.3 Å². The molecule has 0 aliphatic rings. The second kappa shape index (κ2) is 62.6.